The van der Waals surface area contributed by atoms with Crippen LogP contribution in [0.25, 0.3) is 0 Å². The molecular formula is C19H29N3O4. The van der Waals surface area contributed by atoms with Crippen LogP contribution in [0.1, 0.15) is 18.9 Å². The molecule has 0 atom stereocenters. The Balaban J connectivity index is 1.58. The van der Waals surface area contributed by atoms with Crippen molar-refractivity contribution in [2.24, 2.45) is 0 Å². The fraction of sp³-hybridized carbons (Fsp3) is 0.579. The number of methoxy groups -OCH3 is 1. The molecule has 1 aliphatic rings. The molecule has 2 amide bonds. The van der Waals surface area contributed by atoms with E-state index in [4.69, 9.17) is 9.47 Å². The minimum absolute atomic E-state index is 0.0614. The standard InChI is InChI=1S/C19H29N3O4/c1-3-26-19(24)22-14-12-21(13-15-22)11-9-18(23)20-10-8-16-4-6-17(25-2)7-5-16/h4-7H,3,8-15H2,1-2H3,(H,20,23). The second-order valence-corrected chi connectivity index (χ2v) is 6.23. The highest BCUT2D eigenvalue weighted by atomic mass is 16.6. The van der Waals surface area contributed by atoms with Gasteiger partial charge in [0, 0.05) is 45.7 Å². The average molecular weight is 363 g/mol. The van der Waals surface area contributed by atoms with Crippen molar-refractivity contribution in [3.05, 3.63) is 29.8 Å². The number of amides is 2. The summed E-state index contributed by atoms with van der Waals surface area (Å²) >= 11 is 0. The molecule has 0 bridgehead atoms. The number of piperazine rings is 1. The first-order chi connectivity index (χ1) is 12.6. The van der Waals surface area contributed by atoms with Gasteiger partial charge in [0.2, 0.25) is 5.91 Å². The fourth-order valence-electron chi connectivity index (χ4n) is 2.86. The van der Waals surface area contributed by atoms with Gasteiger partial charge in [0.1, 0.15) is 5.75 Å². The molecule has 1 aromatic carbocycles. The van der Waals surface area contributed by atoms with E-state index >= 15 is 0 Å². The van der Waals surface area contributed by atoms with Gasteiger partial charge in [-0.2, -0.15) is 0 Å². The van der Waals surface area contributed by atoms with Gasteiger partial charge in [-0.1, -0.05) is 12.1 Å². The number of carbonyl (C=O) groups excluding carboxylic acids is 2. The highest BCUT2D eigenvalue weighted by molar-refractivity contribution is 5.76. The summed E-state index contributed by atoms with van der Waals surface area (Å²) < 4.78 is 10.1. The van der Waals surface area contributed by atoms with Crippen LogP contribution in [0.15, 0.2) is 24.3 Å². The molecule has 7 heteroatoms. The summed E-state index contributed by atoms with van der Waals surface area (Å²) in [5.41, 5.74) is 1.17. The Kier molecular flexibility index (Phi) is 8.21. The molecule has 0 saturated carbocycles. The Labute approximate surface area is 155 Å². The predicted octanol–water partition coefficient (Wildman–Crippen LogP) is 1.52. The van der Waals surface area contributed by atoms with Gasteiger partial charge in [0.05, 0.1) is 13.7 Å². The molecule has 26 heavy (non-hydrogen) atoms. The summed E-state index contributed by atoms with van der Waals surface area (Å²) in [6.45, 7) is 6.40. The van der Waals surface area contributed by atoms with E-state index in [2.05, 4.69) is 10.2 Å². The van der Waals surface area contributed by atoms with Gasteiger partial charge in [-0.3, -0.25) is 9.69 Å². The smallest absolute Gasteiger partial charge is 0.409 e. The maximum Gasteiger partial charge on any atom is 0.409 e. The molecule has 7 nitrogen and oxygen atoms in total. The summed E-state index contributed by atoms with van der Waals surface area (Å²) in [4.78, 5) is 27.6. The zero-order valence-corrected chi connectivity index (χ0v) is 15.7. The summed E-state index contributed by atoms with van der Waals surface area (Å²) in [6.07, 6.45) is 1.03. The number of hydrogen-bond donors (Lipinski definition) is 1. The number of hydrogen-bond acceptors (Lipinski definition) is 5. The quantitative estimate of drug-likeness (QED) is 0.758. The van der Waals surface area contributed by atoms with Gasteiger partial charge >= 0.3 is 6.09 Å². The van der Waals surface area contributed by atoms with Crippen LogP contribution in [0.3, 0.4) is 0 Å². The maximum atomic E-state index is 12.0. The Hall–Kier alpha value is -2.28. The molecule has 1 fully saturated rings. The molecule has 0 spiro atoms. The number of nitrogens with zero attached hydrogens (tertiary/aromatic N) is 2. The topological polar surface area (TPSA) is 71.1 Å². The SMILES string of the molecule is CCOC(=O)N1CCN(CCC(=O)NCCc2ccc(OC)cc2)CC1. The third-order valence-corrected chi connectivity index (χ3v) is 4.45. The lowest BCUT2D eigenvalue weighted by atomic mass is 10.1. The Morgan fingerprint density at radius 2 is 1.81 bits per heavy atom. The van der Waals surface area contributed by atoms with Gasteiger partial charge in [-0.05, 0) is 31.0 Å². The molecule has 1 aliphatic heterocycles. The van der Waals surface area contributed by atoms with Crippen LogP contribution in [0.4, 0.5) is 4.79 Å². The highest BCUT2D eigenvalue weighted by Crippen LogP contribution is 2.11. The maximum absolute atomic E-state index is 12.0. The Morgan fingerprint density at radius 1 is 1.12 bits per heavy atom. The van der Waals surface area contributed by atoms with Crippen molar-refractivity contribution in [2.75, 3.05) is 53.0 Å². The Bertz CT molecular complexity index is 569. The molecule has 0 aliphatic carbocycles. The largest absolute Gasteiger partial charge is 0.497 e. The molecule has 0 aromatic heterocycles. The first-order valence-electron chi connectivity index (χ1n) is 9.16. The van der Waals surface area contributed by atoms with E-state index in [1.165, 1.54) is 5.56 Å². The Morgan fingerprint density at radius 3 is 2.42 bits per heavy atom. The van der Waals surface area contributed by atoms with Crippen molar-refractivity contribution < 1.29 is 19.1 Å². The van der Waals surface area contributed by atoms with E-state index in [-0.39, 0.29) is 12.0 Å². The second kappa shape index (κ2) is 10.7. The third kappa shape index (κ3) is 6.55. The highest BCUT2D eigenvalue weighted by Gasteiger charge is 2.21. The molecule has 144 valence electrons. The van der Waals surface area contributed by atoms with Crippen molar-refractivity contribution in [3.63, 3.8) is 0 Å². The van der Waals surface area contributed by atoms with Crippen LogP contribution in [0.5, 0.6) is 5.75 Å². The summed E-state index contributed by atoms with van der Waals surface area (Å²) in [5.74, 6) is 0.896. The van der Waals surface area contributed by atoms with Crippen LogP contribution >= 0.6 is 0 Å². The summed E-state index contributed by atoms with van der Waals surface area (Å²) in [5, 5.41) is 2.96. The molecule has 1 heterocycles. The molecule has 0 radical (unpaired) electrons. The predicted molar refractivity (Wildman–Crippen MR) is 99.4 cm³/mol. The second-order valence-electron chi connectivity index (χ2n) is 6.23. The monoisotopic (exact) mass is 363 g/mol. The average Bonchev–Trinajstić information content (AvgIpc) is 2.67. The van der Waals surface area contributed by atoms with E-state index in [0.29, 0.717) is 39.2 Å². The lowest BCUT2D eigenvalue weighted by molar-refractivity contribution is -0.121. The molecule has 2 rings (SSSR count). The van der Waals surface area contributed by atoms with Gasteiger partial charge in [0.15, 0.2) is 0 Å². The molecule has 1 aromatic rings. The normalized spacial score (nSPS) is 14.8. The van der Waals surface area contributed by atoms with E-state index < -0.39 is 0 Å². The van der Waals surface area contributed by atoms with E-state index in [9.17, 15) is 9.59 Å². The van der Waals surface area contributed by atoms with Gasteiger partial charge < -0.3 is 19.7 Å². The van der Waals surface area contributed by atoms with Crippen molar-refractivity contribution in [1.29, 1.82) is 0 Å². The lowest BCUT2D eigenvalue weighted by Crippen LogP contribution is -2.49. The third-order valence-electron chi connectivity index (χ3n) is 4.45. The lowest BCUT2D eigenvalue weighted by Gasteiger charge is -2.33. The van der Waals surface area contributed by atoms with Crippen LogP contribution in [-0.2, 0) is 16.0 Å². The summed E-state index contributed by atoms with van der Waals surface area (Å²) in [7, 11) is 1.64. The zero-order valence-electron chi connectivity index (χ0n) is 15.7. The minimum atomic E-state index is -0.247. The molecular weight excluding hydrogens is 334 g/mol. The molecule has 0 unspecified atom stereocenters. The van der Waals surface area contributed by atoms with Crippen LogP contribution < -0.4 is 10.1 Å². The van der Waals surface area contributed by atoms with Gasteiger partial charge in [-0.25, -0.2) is 4.79 Å². The van der Waals surface area contributed by atoms with Crippen molar-refractivity contribution >= 4 is 12.0 Å². The van der Waals surface area contributed by atoms with Crippen LogP contribution in [-0.4, -0.2) is 74.8 Å². The fourth-order valence-corrected chi connectivity index (χ4v) is 2.86. The van der Waals surface area contributed by atoms with Gasteiger partial charge in [0.25, 0.3) is 0 Å². The van der Waals surface area contributed by atoms with Crippen molar-refractivity contribution in [3.8, 4) is 5.75 Å². The van der Waals surface area contributed by atoms with E-state index in [1.807, 2.05) is 24.3 Å². The van der Waals surface area contributed by atoms with Gasteiger partial charge in [-0.15, -0.1) is 0 Å². The first-order valence-corrected chi connectivity index (χ1v) is 9.16. The van der Waals surface area contributed by atoms with E-state index in [0.717, 1.165) is 25.3 Å². The number of carbonyl (C=O) groups is 2. The number of ether oxygens (including phenoxy) is 2. The molecule has 1 saturated heterocycles. The minimum Gasteiger partial charge on any atom is -0.497 e. The number of nitrogens with one attached hydrogen (secondary N) is 1. The van der Waals surface area contributed by atoms with E-state index in [1.54, 1.807) is 18.9 Å². The number of rotatable bonds is 8. The molecule has 1 N–H and O–H groups in total. The summed E-state index contributed by atoms with van der Waals surface area (Å²) in [6, 6.07) is 7.86. The van der Waals surface area contributed by atoms with Crippen LogP contribution in [0, 0.1) is 0 Å². The zero-order chi connectivity index (χ0) is 18.8. The van der Waals surface area contributed by atoms with Crippen molar-refractivity contribution in [1.82, 2.24) is 15.1 Å². The first kappa shape index (κ1) is 20.0. The van der Waals surface area contributed by atoms with Crippen molar-refractivity contribution in [2.45, 2.75) is 19.8 Å². The number of benzene rings is 1. The van der Waals surface area contributed by atoms with Crippen LogP contribution in [0.2, 0.25) is 0 Å².